The van der Waals surface area contributed by atoms with Gasteiger partial charge in [0.2, 0.25) is 0 Å². The van der Waals surface area contributed by atoms with E-state index in [1.54, 1.807) is 23.6 Å². The van der Waals surface area contributed by atoms with E-state index < -0.39 is 44.2 Å². The number of sulfonamides is 1. The molecule has 2 atom stereocenters. The Kier molecular flexibility index (Phi) is 9.40. The summed E-state index contributed by atoms with van der Waals surface area (Å²) in [6.45, 7) is 6.92. The molecule has 1 aliphatic heterocycles. The molecule has 2 unspecified atom stereocenters. The van der Waals surface area contributed by atoms with Gasteiger partial charge in [-0.2, -0.15) is 0 Å². The first-order valence-corrected chi connectivity index (χ1v) is 15.8. The maximum atomic E-state index is 15.9. The summed E-state index contributed by atoms with van der Waals surface area (Å²) < 4.78 is 77.0. The van der Waals surface area contributed by atoms with Crippen molar-refractivity contribution in [3.05, 3.63) is 58.6 Å². The van der Waals surface area contributed by atoms with Crippen molar-refractivity contribution in [3.8, 4) is 17.2 Å². The van der Waals surface area contributed by atoms with Crippen molar-refractivity contribution in [2.45, 2.75) is 64.1 Å². The van der Waals surface area contributed by atoms with E-state index in [0.29, 0.717) is 29.9 Å². The molecule has 1 aromatic heterocycles. The SMILES string of the molecule is COc1ccc(CN(c2nccs2)S(=O)(=O)c2c(F)cc(OC3CCN(C(=O)O)C(C(C)(C)C)C3)c(C)c2F)c(OC)c1. The van der Waals surface area contributed by atoms with Gasteiger partial charge in [-0.25, -0.2) is 31.3 Å². The highest BCUT2D eigenvalue weighted by atomic mass is 32.2. The number of benzene rings is 2. The van der Waals surface area contributed by atoms with Gasteiger partial charge in [0.15, 0.2) is 15.8 Å². The van der Waals surface area contributed by atoms with E-state index in [9.17, 15) is 18.3 Å². The van der Waals surface area contributed by atoms with E-state index in [-0.39, 0.29) is 35.6 Å². The molecule has 1 fully saturated rings. The molecule has 14 heteroatoms. The highest BCUT2D eigenvalue weighted by Crippen LogP contribution is 2.38. The van der Waals surface area contributed by atoms with Crippen LogP contribution in [0.4, 0.5) is 18.7 Å². The number of aromatic nitrogens is 1. The lowest BCUT2D eigenvalue weighted by Gasteiger charge is -2.44. The molecule has 0 radical (unpaired) electrons. The Labute approximate surface area is 253 Å². The Morgan fingerprint density at radius 3 is 2.49 bits per heavy atom. The highest BCUT2D eigenvalue weighted by molar-refractivity contribution is 7.93. The van der Waals surface area contributed by atoms with Crippen LogP contribution in [0.2, 0.25) is 0 Å². The number of halogens is 2. The number of likely N-dealkylation sites (tertiary alicyclic amines) is 1. The average Bonchev–Trinajstić information content (AvgIpc) is 3.48. The number of carbonyl (C=O) groups is 1. The van der Waals surface area contributed by atoms with Crippen molar-refractivity contribution >= 4 is 32.6 Å². The van der Waals surface area contributed by atoms with E-state index in [4.69, 9.17) is 14.2 Å². The predicted molar refractivity (Wildman–Crippen MR) is 158 cm³/mol. The van der Waals surface area contributed by atoms with Gasteiger partial charge in [-0.15, -0.1) is 11.3 Å². The van der Waals surface area contributed by atoms with Crippen LogP contribution in [-0.2, 0) is 16.6 Å². The Balaban J connectivity index is 1.69. The third kappa shape index (κ3) is 6.64. The second kappa shape index (κ2) is 12.5. The van der Waals surface area contributed by atoms with Gasteiger partial charge in [-0.1, -0.05) is 20.8 Å². The van der Waals surface area contributed by atoms with Gasteiger partial charge in [-0.05, 0) is 24.5 Å². The number of methoxy groups -OCH3 is 2. The number of piperidine rings is 1. The van der Waals surface area contributed by atoms with E-state index in [2.05, 4.69) is 4.98 Å². The third-order valence-corrected chi connectivity index (χ3v) is 10.1. The number of carboxylic acid groups (broad SMARTS) is 1. The largest absolute Gasteiger partial charge is 0.497 e. The zero-order valence-electron chi connectivity index (χ0n) is 24.8. The highest BCUT2D eigenvalue weighted by Gasteiger charge is 2.40. The summed E-state index contributed by atoms with van der Waals surface area (Å²) in [7, 11) is -1.93. The second-order valence-electron chi connectivity index (χ2n) is 11.3. The van der Waals surface area contributed by atoms with Gasteiger partial charge in [0, 0.05) is 60.3 Å². The van der Waals surface area contributed by atoms with E-state index >= 15 is 8.78 Å². The molecular weight excluding hydrogens is 604 g/mol. The topological polar surface area (TPSA) is 118 Å². The maximum absolute atomic E-state index is 15.9. The zero-order chi connectivity index (χ0) is 31.7. The minimum Gasteiger partial charge on any atom is -0.497 e. The van der Waals surface area contributed by atoms with Gasteiger partial charge in [0.25, 0.3) is 10.0 Å². The van der Waals surface area contributed by atoms with Gasteiger partial charge in [0.1, 0.15) is 29.2 Å². The summed E-state index contributed by atoms with van der Waals surface area (Å²) in [5, 5.41) is 11.2. The summed E-state index contributed by atoms with van der Waals surface area (Å²) in [5.41, 5.74) is -0.176. The van der Waals surface area contributed by atoms with Gasteiger partial charge in [-0.3, -0.25) is 0 Å². The Bertz CT molecular complexity index is 1580. The van der Waals surface area contributed by atoms with Crippen LogP contribution >= 0.6 is 11.3 Å². The van der Waals surface area contributed by atoms with Crippen LogP contribution in [-0.4, -0.2) is 62.4 Å². The van der Waals surface area contributed by atoms with Crippen molar-refractivity contribution < 1.29 is 41.3 Å². The van der Waals surface area contributed by atoms with Crippen LogP contribution in [0.1, 0.15) is 44.7 Å². The molecule has 0 saturated carbocycles. The number of ether oxygens (including phenoxy) is 3. The molecular formula is C29H35F2N3O7S2. The standard InChI is InChI=1S/C29H35F2N3O7S2/c1-17-22(41-20-9-11-33(28(35)36)24(14-20)29(2,3)4)15-21(30)26(25(17)31)43(37,38)34(27-32-10-12-42-27)16-18-7-8-19(39-5)13-23(18)40-6/h7-8,10,12-13,15,20,24H,9,11,14,16H2,1-6H3,(H,35,36). The molecule has 3 aromatic rings. The van der Waals surface area contributed by atoms with Crippen LogP contribution in [0, 0.1) is 24.0 Å². The molecule has 1 saturated heterocycles. The van der Waals surface area contributed by atoms with Crippen molar-refractivity contribution in [1.82, 2.24) is 9.88 Å². The van der Waals surface area contributed by atoms with E-state index in [0.717, 1.165) is 21.7 Å². The minimum absolute atomic E-state index is 0.00747. The summed E-state index contributed by atoms with van der Waals surface area (Å²) in [5.74, 6) is -1.95. The van der Waals surface area contributed by atoms with Crippen molar-refractivity contribution in [1.29, 1.82) is 0 Å². The van der Waals surface area contributed by atoms with E-state index in [1.165, 1.54) is 32.2 Å². The maximum Gasteiger partial charge on any atom is 0.407 e. The van der Waals surface area contributed by atoms with Crippen molar-refractivity contribution in [3.63, 3.8) is 0 Å². The fourth-order valence-corrected chi connectivity index (χ4v) is 7.58. The van der Waals surface area contributed by atoms with Gasteiger partial charge >= 0.3 is 6.09 Å². The van der Waals surface area contributed by atoms with Gasteiger partial charge in [0.05, 0.1) is 20.8 Å². The molecule has 2 aromatic carbocycles. The lowest BCUT2D eigenvalue weighted by Crippen LogP contribution is -2.53. The zero-order valence-corrected chi connectivity index (χ0v) is 26.4. The first kappa shape index (κ1) is 32.3. The first-order chi connectivity index (χ1) is 20.2. The smallest absolute Gasteiger partial charge is 0.407 e. The number of hydrogen-bond acceptors (Lipinski definition) is 8. The molecule has 0 bridgehead atoms. The fourth-order valence-electron chi connectivity index (χ4n) is 5.14. The molecule has 1 amide bonds. The number of rotatable bonds is 9. The summed E-state index contributed by atoms with van der Waals surface area (Å²) >= 11 is 0.994. The second-order valence-corrected chi connectivity index (χ2v) is 13.9. The van der Waals surface area contributed by atoms with E-state index in [1.807, 2.05) is 20.8 Å². The van der Waals surface area contributed by atoms with Crippen molar-refractivity contribution in [2.75, 3.05) is 25.1 Å². The quantitative estimate of drug-likeness (QED) is 0.299. The van der Waals surface area contributed by atoms with Crippen LogP contribution in [0.5, 0.6) is 17.2 Å². The summed E-state index contributed by atoms with van der Waals surface area (Å²) in [6.07, 6.45) is 0.430. The lowest BCUT2D eigenvalue weighted by atomic mass is 9.80. The van der Waals surface area contributed by atoms with Crippen LogP contribution in [0.3, 0.4) is 0 Å². The number of hydrogen-bond donors (Lipinski definition) is 1. The van der Waals surface area contributed by atoms with Crippen LogP contribution < -0.4 is 18.5 Å². The molecule has 0 aliphatic carbocycles. The molecule has 1 aliphatic rings. The normalized spacial score (nSPS) is 17.4. The molecule has 4 rings (SSSR count). The molecule has 2 heterocycles. The molecule has 1 N–H and O–H groups in total. The number of amides is 1. The third-order valence-electron chi connectivity index (χ3n) is 7.46. The Morgan fingerprint density at radius 1 is 1.19 bits per heavy atom. The average molecular weight is 640 g/mol. The Morgan fingerprint density at radius 2 is 1.91 bits per heavy atom. The summed E-state index contributed by atoms with van der Waals surface area (Å²) in [4.78, 5) is 16.1. The number of thiazole rings is 1. The van der Waals surface area contributed by atoms with Crippen LogP contribution in [0.15, 0.2) is 40.7 Å². The monoisotopic (exact) mass is 639 g/mol. The van der Waals surface area contributed by atoms with Crippen molar-refractivity contribution in [2.24, 2.45) is 5.41 Å². The number of anilines is 1. The fraction of sp³-hybridized carbons (Fsp3) is 0.448. The molecule has 43 heavy (non-hydrogen) atoms. The van der Waals surface area contributed by atoms with Crippen LogP contribution in [0.25, 0.3) is 0 Å². The molecule has 0 spiro atoms. The number of nitrogens with zero attached hydrogens (tertiary/aromatic N) is 3. The Hall–Kier alpha value is -3.65. The van der Waals surface area contributed by atoms with Gasteiger partial charge < -0.3 is 24.2 Å². The first-order valence-electron chi connectivity index (χ1n) is 13.5. The molecule has 10 nitrogen and oxygen atoms in total. The minimum atomic E-state index is -4.82. The summed E-state index contributed by atoms with van der Waals surface area (Å²) in [6, 6.07) is 5.27. The molecule has 234 valence electrons. The lowest BCUT2D eigenvalue weighted by molar-refractivity contribution is 0.0126. The predicted octanol–water partition coefficient (Wildman–Crippen LogP) is 6.08.